The summed E-state index contributed by atoms with van der Waals surface area (Å²) in [6.45, 7) is 9.04. The average Bonchev–Trinajstić information content (AvgIpc) is 2.46. The van der Waals surface area contributed by atoms with E-state index in [2.05, 4.69) is 24.3 Å². The third-order valence-corrected chi connectivity index (χ3v) is 4.11. The van der Waals surface area contributed by atoms with Crippen molar-refractivity contribution in [1.29, 1.82) is 0 Å². The number of rotatable bonds is 10. The van der Waals surface area contributed by atoms with Crippen molar-refractivity contribution in [2.75, 3.05) is 6.61 Å². The number of carbonyl (C=O) groups excluding carboxylic acids is 2. The number of hydrogen-bond donors (Lipinski definition) is 2. The van der Waals surface area contributed by atoms with E-state index in [4.69, 9.17) is 10.6 Å². The topological polar surface area (TPSA) is 93.8 Å². The van der Waals surface area contributed by atoms with Gasteiger partial charge in [0.15, 0.2) is 0 Å². The highest BCUT2D eigenvalue weighted by Gasteiger charge is 2.24. The second-order valence-corrected chi connectivity index (χ2v) is 5.75. The number of hydrogen-bond acceptors (Lipinski definition) is 4. The van der Waals surface area contributed by atoms with E-state index in [1.54, 1.807) is 0 Å². The largest absolute Gasteiger partial charge is 0.393 e. The molecule has 0 aromatic heterocycles. The Morgan fingerprint density at radius 1 is 1.32 bits per heavy atom. The molecule has 0 aliphatic rings. The van der Waals surface area contributed by atoms with Gasteiger partial charge < -0.3 is 15.9 Å². The zero-order valence-electron chi connectivity index (χ0n) is 14.0. The number of oxime groups is 1. The molecule has 0 saturated heterocycles. The molecule has 128 valence electrons. The zero-order valence-corrected chi connectivity index (χ0v) is 14.0. The minimum Gasteiger partial charge on any atom is -0.393 e. The molecule has 0 aliphatic heterocycles. The van der Waals surface area contributed by atoms with E-state index in [0.717, 1.165) is 12.6 Å². The van der Waals surface area contributed by atoms with Crippen molar-refractivity contribution < 1.29 is 18.8 Å². The first-order chi connectivity index (χ1) is 10.2. The second-order valence-electron chi connectivity index (χ2n) is 5.75. The van der Waals surface area contributed by atoms with E-state index in [1.807, 2.05) is 13.8 Å². The van der Waals surface area contributed by atoms with Gasteiger partial charge in [-0.1, -0.05) is 39.3 Å². The summed E-state index contributed by atoms with van der Waals surface area (Å²) in [5.74, 6) is -0.702. The monoisotopic (exact) mass is 316 g/mol. The maximum Gasteiger partial charge on any atom is 0.243 e. The van der Waals surface area contributed by atoms with Crippen molar-refractivity contribution in [2.45, 2.75) is 53.3 Å². The van der Waals surface area contributed by atoms with Crippen molar-refractivity contribution in [2.24, 2.45) is 28.6 Å². The standard InChI is InChI=1S/C15H28FN3O3/c1-6-9(2)10(3)11(4)13(16)7-18-22-8-14(15(17)21)19-12(5)20/h7,9-11,13-14H,6,8H2,1-5H3,(H2,17,21)(H,19,20)/b18-7+/t9-,10-,11+,13+,14?/m1/s1/i16-1. The van der Waals surface area contributed by atoms with Crippen molar-refractivity contribution in [3.63, 3.8) is 0 Å². The van der Waals surface area contributed by atoms with Crippen LogP contribution in [0.1, 0.15) is 41.0 Å². The van der Waals surface area contributed by atoms with Crippen LogP contribution >= 0.6 is 0 Å². The summed E-state index contributed by atoms with van der Waals surface area (Å²) in [7, 11) is 0. The lowest BCUT2D eigenvalue weighted by Gasteiger charge is -2.26. The predicted molar refractivity (Wildman–Crippen MR) is 83.9 cm³/mol. The smallest absolute Gasteiger partial charge is 0.243 e. The molecule has 0 aromatic carbocycles. The summed E-state index contributed by atoms with van der Waals surface area (Å²) in [5.41, 5.74) is 5.10. The summed E-state index contributed by atoms with van der Waals surface area (Å²) in [6.07, 6.45) is 0.829. The lowest BCUT2D eigenvalue weighted by Crippen LogP contribution is -2.46. The van der Waals surface area contributed by atoms with Gasteiger partial charge in [0.1, 0.15) is 18.8 Å². The molecule has 2 amide bonds. The highest BCUT2D eigenvalue weighted by atomic mass is 18.2. The van der Waals surface area contributed by atoms with Gasteiger partial charge in [0.25, 0.3) is 0 Å². The first-order valence-electron chi connectivity index (χ1n) is 7.56. The van der Waals surface area contributed by atoms with E-state index in [1.165, 1.54) is 6.92 Å². The van der Waals surface area contributed by atoms with E-state index in [-0.39, 0.29) is 18.4 Å². The van der Waals surface area contributed by atoms with Crippen LogP contribution < -0.4 is 11.1 Å². The number of nitrogens with zero attached hydrogens (tertiary/aromatic N) is 1. The number of carbonyl (C=O) groups is 2. The van der Waals surface area contributed by atoms with E-state index in [9.17, 15) is 14.0 Å². The van der Waals surface area contributed by atoms with Gasteiger partial charge in [-0.3, -0.25) is 9.59 Å². The van der Waals surface area contributed by atoms with Crippen LogP contribution in [0.3, 0.4) is 0 Å². The molecule has 5 atom stereocenters. The molecule has 0 heterocycles. The molecule has 3 N–H and O–H groups in total. The summed E-state index contributed by atoms with van der Waals surface area (Å²) >= 11 is 0. The highest BCUT2D eigenvalue weighted by molar-refractivity contribution is 5.85. The third kappa shape index (κ3) is 7.38. The van der Waals surface area contributed by atoms with E-state index < -0.39 is 24.0 Å². The van der Waals surface area contributed by atoms with Gasteiger partial charge in [0.2, 0.25) is 11.8 Å². The van der Waals surface area contributed by atoms with Crippen LogP contribution in [-0.4, -0.2) is 36.8 Å². The summed E-state index contributed by atoms with van der Waals surface area (Å²) < 4.78 is 14.0. The second kappa shape index (κ2) is 10.1. The van der Waals surface area contributed by atoms with Crippen molar-refractivity contribution >= 4 is 18.0 Å². The average molecular weight is 316 g/mol. The summed E-state index contributed by atoms with van der Waals surface area (Å²) in [4.78, 5) is 26.8. The lowest BCUT2D eigenvalue weighted by molar-refractivity contribution is -0.127. The maximum atomic E-state index is 14.0. The zero-order chi connectivity index (χ0) is 17.3. The van der Waals surface area contributed by atoms with Gasteiger partial charge in [-0.2, -0.15) is 0 Å². The van der Waals surface area contributed by atoms with Crippen molar-refractivity contribution in [3.8, 4) is 0 Å². The lowest BCUT2D eigenvalue weighted by atomic mass is 9.81. The Hall–Kier alpha value is -1.66. The van der Waals surface area contributed by atoms with Gasteiger partial charge in [0, 0.05) is 6.92 Å². The van der Waals surface area contributed by atoms with E-state index in [0.29, 0.717) is 5.92 Å². The quantitative estimate of drug-likeness (QED) is 0.474. The van der Waals surface area contributed by atoms with Crippen LogP contribution in [0, 0.1) is 17.8 Å². The predicted octanol–water partition coefficient (Wildman–Crippen LogP) is 1.64. The fourth-order valence-electron chi connectivity index (χ4n) is 1.97. The molecule has 22 heavy (non-hydrogen) atoms. The fraction of sp³-hybridized carbons (Fsp3) is 0.800. The van der Waals surface area contributed by atoms with Crippen molar-refractivity contribution in [1.82, 2.24) is 5.32 Å². The van der Waals surface area contributed by atoms with Gasteiger partial charge >= 0.3 is 0 Å². The van der Waals surface area contributed by atoms with Gasteiger partial charge in [0.05, 0.1) is 6.21 Å². The molecule has 0 rings (SSSR count). The SMILES string of the molecule is CC[C@@H](C)[C@@H](C)[C@H](C)[C@@H]([18F])/C=N/OCC(NC(C)=O)C(N)=O. The molecule has 1 unspecified atom stereocenters. The minimum atomic E-state index is -1.24. The Balaban J connectivity index is 4.35. The van der Waals surface area contributed by atoms with Crippen LogP contribution in [0.4, 0.5) is 4.39 Å². The van der Waals surface area contributed by atoms with Crippen molar-refractivity contribution in [3.05, 3.63) is 0 Å². The highest BCUT2D eigenvalue weighted by Crippen LogP contribution is 2.26. The van der Waals surface area contributed by atoms with Gasteiger partial charge in [-0.15, -0.1) is 0 Å². The third-order valence-electron chi connectivity index (χ3n) is 4.11. The molecular weight excluding hydrogens is 288 g/mol. The first kappa shape index (κ1) is 20.3. The Morgan fingerprint density at radius 2 is 1.91 bits per heavy atom. The fourth-order valence-corrected chi connectivity index (χ4v) is 1.97. The number of halogens is 1. The van der Waals surface area contributed by atoms with Crippen LogP contribution in [-0.2, 0) is 14.4 Å². The number of nitrogens with one attached hydrogen (secondary N) is 1. The van der Waals surface area contributed by atoms with Crippen LogP contribution in [0.25, 0.3) is 0 Å². The van der Waals surface area contributed by atoms with Crippen LogP contribution in [0.5, 0.6) is 0 Å². The minimum absolute atomic E-state index is 0.190. The number of nitrogens with two attached hydrogens (primary N) is 1. The molecule has 0 aliphatic carbocycles. The number of alkyl halides is 1. The molecule has 0 aromatic rings. The van der Waals surface area contributed by atoms with E-state index >= 15 is 0 Å². The molecule has 6 nitrogen and oxygen atoms in total. The number of amides is 2. The summed E-state index contributed by atoms with van der Waals surface area (Å²) in [5, 5.41) is 5.86. The molecule has 7 heteroatoms. The molecule has 0 saturated carbocycles. The van der Waals surface area contributed by atoms with Gasteiger partial charge in [-0.25, -0.2) is 4.39 Å². The normalized spacial score (nSPS) is 18.3. The van der Waals surface area contributed by atoms with Crippen LogP contribution in [0.15, 0.2) is 5.16 Å². The van der Waals surface area contributed by atoms with Gasteiger partial charge in [-0.05, 0) is 17.8 Å². The molecular formula is C15H28FN3O3. The first-order valence-corrected chi connectivity index (χ1v) is 7.56. The Labute approximate surface area is 131 Å². The Bertz CT molecular complexity index is 390. The molecule has 0 bridgehead atoms. The Kier molecular flexibility index (Phi) is 9.37. The summed E-state index contributed by atoms with van der Waals surface area (Å²) in [6, 6.07) is -0.982. The number of primary amides is 1. The molecule has 0 spiro atoms. The maximum absolute atomic E-state index is 14.0. The van der Waals surface area contributed by atoms with Crippen LogP contribution in [0.2, 0.25) is 0 Å². The Morgan fingerprint density at radius 3 is 2.36 bits per heavy atom. The molecule has 0 radical (unpaired) electrons. The molecule has 0 fully saturated rings.